The van der Waals surface area contributed by atoms with Crippen LogP contribution in [0.15, 0.2) is 18.2 Å². The van der Waals surface area contributed by atoms with Gasteiger partial charge in [-0.2, -0.15) is 11.8 Å². The molecule has 1 unspecified atom stereocenters. The Labute approximate surface area is 147 Å². The van der Waals surface area contributed by atoms with Crippen LogP contribution in [0.1, 0.15) is 50.5 Å². The molecule has 1 aliphatic carbocycles. The number of aliphatic carboxylic acids is 1. The van der Waals surface area contributed by atoms with Crippen LogP contribution in [0.5, 0.6) is 11.5 Å². The lowest BCUT2D eigenvalue weighted by atomic mass is 9.69. The summed E-state index contributed by atoms with van der Waals surface area (Å²) in [5.74, 6) is 2.86. The molecule has 5 heteroatoms. The first kappa shape index (κ1) is 17.5. The van der Waals surface area contributed by atoms with Crippen molar-refractivity contribution < 1.29 is 19.4 Å². The van der Waals surface area contributed by atoms with Crippen molar-refractivity contribution in [3.8, 4) is 11.5 Å². The summed E-state index contributed by atoms with van der Waals surface area (Å²) in [5.41, 5.74) is 0.0713. The maximum absolute atomic E-state index is 12.0. The van der Waals surface area contributed by atoms with Crippen molar-refractivity contribution in [2.24, 2.45) is 0 Å². The number of rotatable bonds is 5. The quantitative estimate of drug-likeness (QED) is 0.860. The summed E-state index contributed by atoms with van der Waals surface area (Å²) in [5, 5.41) is 9.86. The molecule has 2 aliphatic rings. The lowest BCUT2D eigenvalue weighted by Crippen LogP contribution is -2.37. The molecule has 1 atom stereocenters. The largest absolute Gasteiger partial charge is 0.493 e. The Hall–Kier alpha value is -1.36. The number of hydrogen-bond donors (Lipinski definition) is 1. The molecule has 0 amide bonds. The zero-order chi connectivity index (χ0) is 17.0. The van der Waals surface area contributed by atoms with Crippen molar-refractivity contribution in [3.05, 3.63) is 23.8 Å². The number of hydrogen-bond acceptors (Lipinski definition) is 4. The van der Waals surface area contributed by atoms with E-state index in [1.165, 1.54) is 12.2 Å². The summed E-state index contributed by atoms with van der Waals surface area (Å²) in [6.07, 6.45) is 6.90. The molecule has 1 N–H and O–H groups in total. The zero-order valence-corrected chi connectivity index (χ0v) is 15.1. The topological polar surface area (TPSA) is 55.8 Å². The van der Waals surface area contributed by atoms with Gasteiger partial charge in [0.05, 0.1) is 12.5 Å². The van der Waals surface area contributed by atoms with E-state index in [2.05, 4.69) is 0 Å². The lowest BCUT2D eigenvalue weighted by Gasteiger charge is -2.34. The third-order valence-corrected chi connectivity index (χ3v) is 6.43. The first-order valence-electron chi connectivity index (χ1n) is 8.82. The third kappa shape index (κ3) is 3.51. The molecule has 1 saturated heterocycles. The zero-order valence-electron chi connectivity index (χ0n) is 14.3. The highest BCUT2D eigenvalue weighted by molar-refractivity contribution is 7.99. The van der Waals surface area contributed by atoms with E-state index in [-0.39, 0.29) is 6.10 Å². The van der Waals surface area contributed by atoms with Gasteiger partial charge in [-0.3, -0.25) is 4.79 Å². The molecule has 1 aliphatic heterocycles. The fourth-order valence-electron chi connectivity index (χ4n) is 3.83. The minimum absolute atomic E-state index is 0.214. The van der Waals surface area contributed by atoms with Crippen LogP contribution in [-0.2, 0) is 10.2 Å². The van der Waals surface area contributed by atoms with E-state index < -0.39 is 11.4 Å². The normalized spacial score (nSPS) is 23.5. The van der Waals surface area contributed by atoms with E-state index in [9.17, 15) is 9.90 Å². The monoisotopic (exact) mass is 350 g/mol. The van der Waals surface area contributed by atoms with Gasteiger partial charge in [0.1, 0.15) is 6.10 Å². The van der Waals surface area contributed by atoms with Gasteiger partial charge < -0.3 is 14.6 Å². The van der Waals surface area contributed by atoms with Gasteiger partial charge >= 0.3 is 5.97 Å². The Balaban J connectivity index is 1.86. The van der Waals surface area contributed by atoms with Gasteiger partial charge in [0.25, 0.3) is 0 Å². The Morgan fingerprint density at radius 2 is 2.00 bits per heavy atom. The van der Waals surface area contributed by atoms with Gasteiger partial charge in [0.2, 0.25) is 0 Å². The molecule has 1 aromatic carbocycles. The number of carbonyl (C=O) groups is 1. The van der Waals surface area contributed by atoms with Crippen molar-refractivity contribution in [1.82, 2.24) is 0 Å². The maximum atomic E-state index is 12.0. The molecular formula is C19H26O4S. The molecule has 0 bridgehead atoms. The van der Waals surface area contributed by atoms with E-state index >= 15 is 0 Å². The minimum Gasteiger partial charge on any atom is -0.493 e. The van der Waals surface area contributed by atoms with Crippen LogP contribution in [0.25, 0.3) is 0 Å². The van der Waals surface area contributed by atoms with Crippen LogP contribution in [0.2, 0.25) is 0 Å². The molecule has 24 heavy (non-hydrogen) atoms. The molecule has 1 saturated carbocycles. The molecule has 2 fully saturated rings. The fraction of sp³-hybridized carbons (Fsp3) is 0.632. The fourth-order valence-corrected chi connectivity index (χ4v) is 4.86. The predicted molar refractivity (Wildman–Crippen MR) is 96.4 cm³/mol. The van der Waals surface area contributed by atoms with Crippen LogP contribution in [-0.4, -0.2) is 35.8 Å². The Morgan fingerprint density at radius 3 is 2.62 bits per heavy atom. The molecule has 0 radical (unpaired) electrons. The van der Waals surface area contributed by atoms with Crippen molar-refractivity contribution in [2.75, 3.05) is 18.6 Å². The highest BCUT2D eigenvalue weighted by atomic mass is 32.2. The number of benzene rings is 1. The summed E-state index contributed by atoms with van der Waals surface area (Å²) in [6.45, 7) is 0. The number of carboxylic acid groups (broad SMARTS) is 1. The van der Waals surface area contributed by atoms with Crippen molar-refractivity contribution in [2.45, 2.75) is 56.5 Å². The molecule has 132 valence electrons. The van der Waals surface area contributed by atoms with Gasteiger partial charge in [0, 0.05) is 5.75 Å². The summed E-state index contributed by atoms with van der Waals surface area (Å²) < 4.78 is 11.6. The summed E-state index contributed by atoms with van der Waals surface area (Å²) in [7, 11) is 1.62. The highest BCUT2D eigenvalue weighted by Gasteiger charge is 2.41. The second kappa shape index (κ2) is 7.68. The van der Waals surface area contributed by atoms with Gasteiger partial charge in [-0.05, 0) is 49.1 Å². The molecule has 1 heterocycles. The Morgan fingerprint density at radius 1 is 1.21 bits per heavy atom. The van der Waals surface area contributed by atoms with E-state index in [4.69, 9.17) is 9.47 Å². The lowest BCUT2D eigenvalue weighted by molar-refractivity contribution is -0.145. The SMILES string of the molecule is COc1cc(C2(C(=O)O)CCCCC2)ccc1OC1CCCSC1. The van der Waals surface area contributed by atoms with Crippen molar-refractivity contribution >= 4 is 17.7 Å². The average molecular weight is 350 g/mol. The Kier molecular flexibility index (Phi) is 5.59. The van der Waals surface area contributed by atoms with Gasteiger partial charge in [-0.1, -0.05) is 25.3 Å². The predicted octanol–water partition coefficient (Wildman–Crippen LogP) is 4.26. The summed E-state index contributed by atoms with van der Waals surface area (Å²) in [4.78, 5) is 12.0. The van der Waals surface area contributed by atoms with Crippen LogP contribution < -0.4 is 9.47 Å². The van der Waals surface area contributed by atoms with Crippen LogP contribution >= 0.6 is 11.8 Å². The maximum Gasteiger partial charge on any atom is 0.314 e. The van der Waals surface area contributed by atoms with Crippen molar-refractivity contribution in [3.63, 3.8) is 0 Å². The first-order valence-corrected chi connectivity index (χ1v) is 9.97. The minimum atomic E-state index is -0.773. The van der Waals surface area contributed by atoms with Gasteiger partial charge in [0.15, 0.2) is 11.5 Å². The molecule has 4 nitrogen and oxygen atoms in total. The van der Waals surface area contributed by atoms with Gasteiger partial charge in [-0.15, -0.1) is 0 Å². The second-order valence-electron chi connectivity index (χ2n) is 6.77. The molecule has 3 rings (SSSR count). The smallest absolute Gasteiger partial charge is 0.314 e. The molecule has 0 spiro atoms. The summed E-state index contributed by atoms with van der Waals surface area (Å²) >= 11 is 1.92. The van der Waals surface area contributed by atoms with E-state index in [0.717, 1.165) is 42.7 Å². The van der Waals surface area contributed by atoms with E-state index in [0.29, 0.717) is 18.6 Å². The van der Waals surface area contributed by atoms with Crippen LogP contribution in [0.4, 0.5) is 0 Å². The second-order valence-corrected chi connectivity index (χ2v) is 7.92. The van der Waals surface area contributed by atoms with E-state index in [1.807, 2.05) is 30.0 Å². The standard InChI is InChI=1S/C19H26O4S/c1-22-17-12-14(19(18(20)21)9-3-2-4-10-19)7-8-16(17)23-15-6-5-11-24-13-15/h7-8,12,15H,2-6,9-11,13H2,1H3,(H,20,21). The first-order chi connectivity index (χ1) is 11.7. The molecule has 0 aromatic heterocycles. The van der Waals surface area contributed by atoms with E-state index in [1.54, 1.807) is 7.11 Å². The highest BCUT2D eigenvalue weighted by Crippen LogP contribution is 2.43. The van der Waals surface area contributed by atoms with Crippen molar-refractivity contribution in [1.29, 1.82) is 0 Å². The van der Waals surface area contributed by atoms with Crippen LogP contribution in [0, 0.1) is 0 Å². The summed E-state index contributed by atoms with van der Waals surface area (Å²) in [6, 6.07) is 5.70. The number of carboxylic acids is 1. The number of methoxy groups -OCH3 is 1. The third-order valence-electron chi connectivity index (χ3n) is 5.24. The van der Waals surface area contributed by atoms with Gasteiger partial charge in [-0.25, -0.2) is 0 Å². The number of thioether (sulfide) groups is 1. The number of ether oxygens (including phenoxy) is 2. The average Bonchev–Trinajstić information content (AvgIpc) is 2.63. The van der Waals surface area contributed by atoms with Crippen LogP contribution in [0.3, 0.4) is 0 Å². The Bertz CT molecular complexity index is 575. The molecular weight excluding hydrogens is 324 g/mol. The molecule has 1 aromatic rings.